The van der Waals surface area contributed by atoms with E-state index in [-0.39, 0.29) is 17.9 Å². The lowest BCUT2D eigenvalue weighted by molar-refractivity contribution is -0.116. The summed E-state index contributed by atoms with van der Waals surface area (Å²) < 4.78 is 22.8. The normalized spacial score (nSPS) is 11.1. The highest BCUT2D eigenvalue weighted by Crippen LogP contribution is 2.40. The Kier molecular flexibility index (Phi) is 6.65. The summed E-state index contributed by atoms with van der Waals surface area (Å²) >= 11 is 6.42. The number of nitrogens with zero attached hydrogens (tertiary/aromatic N) is 2. The van der Waals surface area contributed by atoms with Gasteiger partial charge in [-0.05, 0) is 25.5 Å². The van der Waals surface area contributed by atoms with Crippen LogP contribution in [-0.2, 0) is 11.3 Å². The van der Waals surface area contributed by atoms with E-state index in [1.807, 2.05) is 6.07 Å². The number of nitrogens with one attached hydrogen (secondary N) is 1. The van der Waals surface area contributed by atoms with Gasteiger partial charge in [-0.25, -0.2) is 0 Å². The maximum Gasteiger partial charge on any atom is 0.264 e. The molecule has 0 unspecified atom stereocenters. The highest BCUT2D eigenvalue weighted by Gasteiger charge is 2.19. The van der Waals surface area contributed by atoms with Crippen LogP contribution in [-0.4, -0.2) is 37.0 Å². The van der Waals surface area contributed by atoms with Crippen molar-refractivity contribution in [2.75, 3.05) is 26.6 Å². The summed E-state index contributed by atoms with van der Waals surface area (Å²) in [4.78, 5) is 25.8. The molecule has 0 aliphatic heterocycles. The lowest BCUT2D eigenvalue weighted by Gasteiger charge is -2.15. The van der Waals surface area contributed by atoms with Crippen LogP contribution in [0.2, 0.25) is 5.02 Å². The van der Waals surface area contributed by atoms with Crippen molar-refractivity contribution in [3.63, 3.8) is 0 Å². The molecule has 1 N–H and O–H groups in total. The lowest BCUT2D eigenvalue weighted by Crippen LogP contribution is -2.22. The molecule has 4 aromatic rings. The first-order chi connectivity index (χ1) is 16.4. The molecule has 0 fully saturated rings. The Morgan fingerprint density at radius 2 is 1.82 bits per heavy atom. The monoisotopic (exact) mass is 485 g/mol. The van der Waals surface area contributed by atoms with Crippen molar-refractivity contribution in [1.29, 1.82) is 0 Å². The molecule has 10 heteroatoms. The van der Waals surface area contributed by atoms with Crippen molar-refractivity contribution < 1.29 is 23.5 Å². The van der Waals surface area contributed by atoms with E-state index in [1.165, 1.54) is 21.3 Å². The fraction of sp³-hybridized carbons (Fsp3) is 0.292. The Bertz CT molecular complexity index is 1420. The molecule has 0 atom stereocenters. The lowest BCUT2D eigenvalue weighted by atomic mass is 10.1. The molecule has 0 aliphatic carbocycles. The SMILES string of the molecule is COc1cc(NC(=O)CCCn2c(=O)c3c(C)onc3c3c(Cl)cccc32)cc(OC)c1OC. The number of halogens is 1. The van der Waals surface area contributed by atoms with E-state index in [0.29, 0.717) is 68.5 Å². The van der Waals surface area contributed by atoms with Crippen molar-refractivity contribution in [1.82, 2.24) is 9.72 Å². The Hall–Kier alpha value is -3.72. The Balaban J connectivity index is 1.55. The van der Waals surface area contributed by atoms with Crippen LogP contribution in [0.15, 0.2) is 39.6 Å². The summed E-state index contributed by atoms with van der Waals surface area (Å²) in [5.41, 5.74) is 1.37. The maximum atomic E-state index is 13.2. The van der Waals surface area contributed by atoms with Crippen LogP contribution in [0.5, 0.6) is 17.2 Å². The number of aromatic nitrogens is 2. The van der Waals surface area contributed by atoms with Crippen LogP contribution in [0.25, 0.3) is 21.8 Å². The summed E-state index contributed by atoms with van der Waals surface area (Å²) in [5, 5.41) is 8.39. The first-order valence-corrected chi connectivity index (χ1v) is 10.9. The van der Waals surface area contributed by atoms with Crippen molar-refractivity contribution in [2.24, 2.45) is 0 Å². The second-order valence-electron chi connectivity index (χ2n) is 7.62. The van der Waals surface area contributed by atoms with Gasteiger partial charge in [-0.2, -0.15) is 0 Å². The third-order valence-corrected chi connectivity index (χ3v) is 5.89. The number of rotatable bonds is 8. The van der Waals surface area contributed by atoms with Crippen LogP contribution in [0.1, 0.15) is 18.6 Å². The fourth-order valence-corrected chi connectivity index (χ4v) is 4.27. The number of hydrogen-bond donors (Lipinski definition) is 1. The summed E-state index contributed by atoms with van der Waals surface area (Å²) in [5.74, 6) is 1.52. The number of ether oxygens (including phenoxy) is 3. The number of anilines is 1. The number of benzene rings is 2. The molecule has 34 heavy (non-hydrogen) atoms. The van der Waals surface area contributed by atoms with Crippen molar-refractivity contribution in [2.45, 2.75) is 26.3 Å². The van der Waals surface area contributed by atoms with Gasteiger partial charge >= 0.3 is 0 Å². The number of carbonyl (C=O) groups excluding carboxylic acids is 1. The van der Waals surface area contributed by atoms with Crippen LogP contribution >= 0.6 is 11.6 Å². The zero-order valence-corrected chi connectivity index (χ0v) is 20.0. The predicted molar refractivity (Wildman–Crippen MR) is 129 cm³/mol. The minimum Gasteiger partial charge on any atom is -0.493 e. The first kappa shape index (κ1) is 23.4. The minimum atomic E-state index is -0.228. The number of carbonyl (C=O) groups is 1. The number of pyridine rings is 1. The van der Waals surface area contributed by atoms with Gasteiger partial charge in [0.15, 0.2) is 11.5 Å². The number of fused-ring (bicyclic) bond motifs is 3. The molecule has 0 spiro atoms. The third kappa shape index (κ3) is 4.14. The smallest absolute Gasteiger partial charge is 0.264 e. The Morgan fingerprint density at radius 3 is 2.47 bits per heavy atom. The molecular formula is C24H24ClN3O6. The number of aryl methyl sites for hydroxylation is 2. The largest absolute Gasteiger partial charge is 0.493 e. The van der Waals surface area contributed by atoms with Gasteiger partial charge in [0.25, 0.3) is 5.56 Å². The number of methoxy groups -OCH3 is 3. The molecule has 4 rings (SSSR count). The van der Waals surface area contributed by atoms with Gasteiger partial charge < -0.3 is 28.6 Å². The first-order valence-electron chi connectivity index (χ1n) is 10.6. The summed E-state index contributed by atoms with van der Waals surface area (Å²) in [6, 6.07) is 8.63. The molecule has 178 valence electrons. The van der Waals surface area contributed by atoms with Gasteiger partial charge in [0.2, 0.25) is 11.7 Å². The van der Waals surface area contributed by atoms with Crippen LogP contribution in [0, 0.1) is 6.92 Å². The van der Waals surface area contributed by atoms with Gasteiger partial charge in [-0.15, -0.1) is 0 Å². The average molecular weight is 486 g/mol. The number of amides is 1. The molecule has 2 aromatic carbocycles. The topological polar surface area (TPSA) is 105 Å². The Labute approximate surface area is 200 Å². The molecule has 0 radical (unpaired) electrons. The second-order valence-corrected chi connectivity index (χ2v) is 8.03. The summed E-state index contributed by atoms with van der Waals surface area (Å²) in [7, 11) is 4.52. The molecule has 2 heterocycles. The maximum absolute atomic E-state index is 13.2. The summed E-state index contributed by atoms with van der Waals surface area (Å²) in [6.07, 6.45) is 0.611. The van der Waals surface area contributed by atoms with Crippen molar-refractivity contribution >= 4 is 45.0 Å². The fourth-order valence-electron chi connectivity index (χ4n) is 4.01. The van der Waals surface area contributed by atoms with E-state index in [4.69, 9.17) is 30.3 Å². The van der Waals surface area contributed by atoms with Gasteiger partial charge in [0.1, 0.15) is 16.7 Å². The number of hydrogen-bond acceptors (Lipinski definition) is 7. The van der Waals surface area contributed by atoms with E-state index in [9.17, 15) is 9.59 Å². The van der Waals surface area contributed by atoms with Gasteiger partial charge in [0, 0.05) is 36.2 Å². The molecule has 0 aliphatic rings. The Morgan fingerprint density at radius 1 is 1.12 bits per heavy atom. The van der Waals surface area contributed by atoms with Crippen molar-refractivity contribution in [3.8, 4) is 17.2 Å². The quantitative estimate of drug-likeness (QED) is 0.390. The zero-order chi connectivity index (χ0) is 24.4. The van der Waals surface area contributed by atoms with Crippen LogP contribution in [0.3, 0.4) is 0 Å². The molecule has 9 nitrogen and oxygen atoms in total. The second kappa shape index (κ2) is 9.64. The molecular weight excluding hydrogens is 462 g/mol. The van der Waals surface area contributed by atoms with Gasteiger partial charge in [0.05, 0.1) is 31.9 Å². The third-order valence-electron chi connectivity index (χ3n) is 5.58. The van der Waals surface area contributed by atoms with Gasteiger partial charge in [-0.1, -0.05) is 22.8 Å². The van der Waals surface area contributed by atoms with Crippen molar-refractivity contribution in [3.05, 3.63) is 51.5 Å². The predicted octanol–water partition coefficient (Wildman–Crippen LogP) is 4.55. The molecule has 1 amide bonds. The molecule has 2 aromatic heterocycles. The van der Waals surface area contributed by atoms with E-state index >= 15 is 0 Å². The molecule has 0 saturated heterocycles. The molecule has 0 saturated carbocycles. The highest BCUT2D eigenvalue weighted by atomic mass is 35.5. The van der Waals surface area contributed by atoms with Gasteiger partial charge in [-0.3, -0.25) is 9.59 Å². The minimum absolute atomic E-state index is 0.186. The van der Waals surface area contributed by atoms with E-state index in [2.05, 4.69) is 10.5 Å². The summed E-state index contributed by atoms with van der Waals surface area (Å²) in [6.45, 7) is 2.01. The standard InChI is InChI=1S/C24H24ClN3O6/c1-13-20-22(27-34-13)21-15(25)7-5-8-16(21)28(24(20)30)10-6-9-19(29)26-14-11-17(31-2)23(33-4)18(12-14)32-3/h5,7-8,11-12H,6,9-10H2,1-4H3,(H,26,29). The highest BCUT2D eigenvalue weighted by molar-refractivity contribution is 6.37. The average Bonchev–Trinajstić information content (AvgIpc) is 3.21. The zero-order valence-electron chi connectivity index (χ0n) is 19.2. The van der Waals surface area contributed by atoms with E-state index < -0.39 is 0 Å². The molecule has 0 bridgehead atoms. The van der Waals surface area contributed by atoms with E-state index in [0.717, 1.165) is 0 Å². The van der Waals surface area contributed by atoms with E-state index in [1.54, 1.807) is 35.8 Å². The van der Waals surface area contributed by atoms with Crippen LogP contribution in [0.4, 0.5) is 5.69 Å². The van der Waals surface area contributed by atoms with Crippen LogP contribution < -0.4 is 25.1 Å².